The summed E-state index contributed by atoms with van der Waals surface area (Å²) in [6.07, 6.45) is 0. The lowest BCUT2D eigenvalue weighted by molar-refractivity contribution is 0.129. The molecular weight excluding hydrogens is 533 g/mol. The van der Waals surface area contributed by atoms with Gasteiger partial charge in [0, 0.05) is 27.4 Å². The molecule has 4 rings (SSSR count). The van der Waals surface area contributed by atoms with Gasteiger partial charge in [-0.2, -0.15) is 5.26 Å². The number of hydrogen-bond acceptors (Lipinski definition) is 4. The van der Waals surface area contributed by atoms with E-state index in [4.69, 9.17) is 21.6 Å². The van der Waals surface area contributed by atoms with Crippen LogP contribution in [0.25, 0.3) is 0 Å². The molecule has 0 amide bonds. The monoisotopic (exact) mass is 557 g/mol. The predicted octanol–water partition coefficient (Wildman–Crippen LogP) is 6.07. The summed E-state index contributed by atoms with van der Waals surface area (Å²) in [6.45, 7) is 4.42. The smallest absolute Gasteiger partial charge is 0.119 e. The summed E-state index contributed by atoms with van der Waals surface area (Å²) in [5.41, 5.74) is 4.39. The van der Waals surface area contributed by atoms with Crippen LogP contribution in [-0.4, -0.2) is 37.7 Å². The van der Waals surface area contributed by atoms with Gasteiger partial charge in [0.2, 0.25) is 0 Å². The number of likely N-dealkylation sites (N-methyl/N-ethyl adjacent to an activating group) is 1. The Morgan fingerprint density at radius 3 is 2.44 bits per heavy atom. The van der Waals surface area contributed by atoms with Crippen LogP contribution in [0, 0.1) is 21.8 Å². The first kappa shape index (κ1) is 22.9. The summed E-state index contributed by atoms with van der Waals surface area (Å²) in [5.74, 6) is 0.786. The van der Waals surface area contributed by atoms with Crippen molar-refractivity contribution in [3.8, 4) is 11.8 Å². The lowest BCUT2D eigenvalue weighted by atomic mass is 9.98. The zero-order valence-corrected chi connectivity index (χ0v) is 21.0. The Hall–Kier alpha value is -2.27. The average molecular weight is 558 g/mol. The van der Waals surface area contributed by atoms with Crippen molar-refractivity contribution in [3.63, 3.8) is 0 Å². The molecule has 1 aliphatic heterocycles. The van der Waals surface area contributed by atoms with Crippen LogP contribution in [0.1, 0.15) is 22.7 Å². The minimum absolute atomic E-state index is 0.220. The maximum atomic E-state index is 8.99. The highest BCUT2D eigenvalue weighted by Crippen LogP contribution is 2.35. The van der Waals surface area contributed by atoms with Gasteiger partial charge in [0.15, 0.2) is 0 Å². The molecule has 1 heterocycles. The van der Waals surface area contributed by atoms with E-state index in [1.165, 1.54) is 20.4 Å². The molecule has 0 radical (unpaired) electrons. The first-order valence-corrected chi connectivity index (χ1v) is 12.0. The predicted molar refractivity (Wildman–Crippen MR) is 139 cm³/mol. The van der Waals surface area contributed by atoms with Crippen molar-refractivity contribution in [2.45, 2.75) is 19.0 Å². The van der Waals surface area contributed by atoms with Gasteiger partial charge >= 0.3 is 0 Å². The third-order valence-electron chi connectivity index (χ3n) is 5.98. The molecule has 0 aliphatic carbocycles. The largest absolute Gasteiger partial charge is 0.492 e. The summed E-state index contributed by atoms with van der Waals surface area (Å²) in [7, 11) is 2.16. The molecule has 0 bridgehead atoms. The van der Waals surface area contributed by atoms with Crippen molar-refractivity contribution in [1.29, 1.82) is 5.26 Å². The molecule has 32 heavy (non-hydrogen) atoms. The number of nitrogens with zero attached hydrogens (tertiary/aromatic N) is 3. The van der Waals surface area contributed by atoms with Crippen LogP contribution in [0.5, 0.6) is 5.75 Å². The molecule has 0 unspecified atom stereocenters. The topological polar surface area (TPSA) is 39.5 Å². The van der Waals surface area contributed by atoms with E-state index in [9.17, 15) is 0 Å². The van der Waals surface area contributed by atoms with E-state index in [0.717, 1.165) is 23.9 Å². The van der Waals surface area contributed by atoms with Crippen molar-refractivity contribution in [2.24, 2.45) is 0 Å². The molecule has 2 atom stereocenters. The second kappa shape index (κ2) is 10.1. The minimum Gasteiger partial charge on any atom is -0.492 e. The van der Waals surface area contributed by atoms with Crippen molar-refractivity contribution in [2.75, 3.05) is 31.6 Å². The Labute approximate surface area is 208 Å². The highest BCUT2D eigenvalue weighted by Gasteiger charge is 2.34. The van der Waals surface area contributed by atoms with Gasteiger partial charge in [-0.25, -0.2) is 0 Å². The molecule has 0 saturated carbocycles. The molecule has 3 aromatic rings. The van der Waals surface area contributed by atoms with Gasteiger partial charge in [0.05, 0.1) is 23.7 Å². The first-order valence-electron chi connectivity index (χ1n) is 10.6. The lowest BCUT2D eigenvalue weighted by Crippen LogP contribution is -2.55. The Morgan fingerprint density at radius 1 is 1.06 bits per heavy atom. The molecule has 0 aromatic heterocycles. The maximum absolute atomic E-state index is 8.99. The number of ether oxygens (including phenoxy) is 1. The van der Waals surface area contributed by atoms with Gasteiger partial charge in [-0.1, -0.05) is 35.4 Å². The van der Waals surface area contributed by atoms with E-state index in [-0.39, 0.29) is 12.1 Å². The van der Waals surface area contributed by atoms with Gasteiger partial charge < -0.3 is 9.64 Å². The number of nitriles is 1. The zero-order valence-electron chi connectivity index (χ0n) is 18.1. The third-order valence-corrected chi connectivity index (χ3v) is 7.15. The number of piperazine rings is 1. The van der Waals surface area contributed by atoms with Crippen LogP contribution in [0.4, 0.5) is 5.69 Å². The van der Waals surface area contributed by atoms with E-state index in [2.05, 4.69) is 82.8 Å². The second-order valence-electron chi connectivity index (χ2n) is 8.21. The fourth-order valence-corrected chi connectivity index (χ4v) is 5.30. The molecule has 164 valence electrons. The van der Waals surface area contributed by atoms with Crippen molar-refractivity contribution in [1.82, 2.24) is 4.90 Å². The van der Waals surface area contributed by atoms with Gasteiger partial charge in [-0.3, -0.25) is 4.90 Å². The lowest BCUT2D eigenvalue weighted by Gasteiger charge is -2.46. The van der Waals surface area contributed by atoms with Crippen LogP contribution >= 0.6 is 34.2 Å². The highest BCUT2D eigenvalue weighted by molar-refractivity contribution is 14.1. The number of aryl methyl sites for hydroxylation is 1. The Kier molecular flexibility index (Phi) is 7.24. The van der Waals surface area contributed by atoms with Crippen LogP contribution < -0.4 is 9.64 Å². The first-order chi connectivity index (χ1) is 15.4. The fourth-order valence-electron chi connectivity index (χ4n) is 4.07. The van der Waals surface area contributed by atoms with Crippen LogP contribution in [0.3, 0.4) is 0 Å². The second-order valence-corrected chi connectivity index (χ2v) is 9.81. The molecule has 1 fully saturated rings. The summed E-state index contributed by atoms with van der Waals surface area (Å²) >= 11 is 8.62. The summed E-state index contributed by atoms with van der Waals surface area (Å²) < 4.78 is 7.28. The van der Waals surface area contributed by atoms with Gasteiger partial charge in [-0.05, 0) is 90.7 Å². The molecular formula is C26H25ClIN3O. The van der Waals surface area contributed by atoms with Gasteiger partial charge in [0.25, 0.3) is 0 Å². The number of hydrogen-bond donors (Lipinski definition) is 0. The molecule has 4 nitrogen and oxygen atoms in total. The fraction of sp³-hybridized carbons (Fsp3) is 0.269. The highest BCUT2D eigenvalue weighted by atomic mass is 127. The van der Waals surface area contributed by atoms with E-state index in [0.29, 0.717) is 12.2 Å². The molecule has 3 aromatic carbocycles. The van der Waals surface area contributed by atoms with Crippen molar-refractivity contribution in [3.05, 3.63) is 92.0 Å². The molecule has 0 N–H and O–H groups in total. The van der Waals surface area contributed by atoms with Crippen LogP contribution in [0.2, 0.25) is 5.02 Å². The van der Waals surface area contributed by atoms with E-state index >= 15 is 0 Å². The molecule has 1 aliphatic rings. The van der Waals surface area contributed by atoms with Gasteiger partial charge in [-0.15, -0.1) is 0 Å². The number of halogens is 2. The van der Waals surface area contributed by atoms with Crippen LogP contribution in [0.15, 0.2) is 66.7 Å². The van der Waals surface area contributed by atoms with Crippen LogP contribution in [-0.2, 0) is 0 Å². The van der Waals surface area contributed by atoms with Crippen molar-refractivity contribution >= 4 is 39.9 Å². The normalized spacial score (nSPS) is 18.9. The molecule has 6 heteroatoms. The van der Waals surface area contributed by atoms with E-state index < -0.39 is 0 Å². The maximum Gasteiger partial charge on any atom is 0.119 e. The van der Waals surface area contributed by atoms with Crippen molar-refractivity contribution < 1.29 is 4.74 Å². The molecule has 1 saturated heterocycles. The quantitative estimate of drug-likeness (QED) is 0.357. The van der Waals surface area contributed by atoms with E-state index in [1.807, 2.05) is 24.3 Å². The number of rotatable bonds is 5. The summed E-state index contributed by atoms with van der Waals surface area (Å²) in [6, 6.07) is 24.8. The Bertz CT molecular complexity index is 1110. The number of anilines is 1. The summed E-state index contributed by atoms with van der Waals surface area (Å²) in [4.78, 5) is 4.86. The van der Waals surface area contributed by atoms with Gasteiger partial charge in [0.1, 0.15) is 12.4 Å². The third kappa shape index (κ3) is 5.20. The minimum atomic E-state index is 0.220. The zero-order chi connectivity index (χ0) is 22.7. The standard InChI is InChI=1S/C26H25ClIN3O/c1-18-3-8-21(9-4-18)31-15-22(17-32-23-10-5-19(14-29)6-11-23)30(2)16-26(31)24-12-7-20(27)13-25(24)28/h3-13,22,26H,15-17H2,1-2H3/t22-,26-/m1/s1. The Balaban J connectivity index is 1.58. The molecule has 0 spiro atoms. The van der Waals surface area contributed by atoms with E-state index in [1.54, 1.807) is 12.1 Å². The number of benzene rings is 3. The SMILES string of the molecule is Cc1ccc(N2C[C@H](COc3ccc(C#N)cc3)N(C)C[C@@H]2c2ccc(Cl)cc2I)cc1. The summed E-state index contributed by atoms with van der Waals surface area (Å²) in [5, 5.41) is 9.76. The Morgan fingerprint density at radius 2 is 1.78 bits per heavy atom. The average Bonchev–Trinajstić information content (AvgIpc) is 2.79.